The predicted octanol–water partition coefficient (Wildman–Crippen LogP) is 4.10. The van der Waals surface area contributed by atoms with E-state index in [0.29, 0.717) is 5.02 Å². The first-order valence-electron chi connectivity index (χ1n) is 5.54. The number of aryl methyl sites for hydroxylation is 1. The summed E-state index contributed by atoms with van der Waals surface area (Å²) in [6, 6.07) is 8.27. The molecule has 0 unspecified atom stereocenters. The molecule has 0 amide bonds. The molecule has 0 radical (unpaired) electrons. The minimum absolute atomic E-state index is 0.344. The Morgan fingerprint density at radius 1 is 1.17 bits per heavy atom. The molecule has 90 valence electrons. The SMILES string of the molecule is Cc1ccc2nc(-c3ccc(F)cc3Cl)cn2c1. The Labute approximate surface area is 109 Å². The van der Waals surface area contributed by atoms with E-state index in [1.807, 2.05) is 35.9 Å². The monoisotopic (exact) mass is 260 g/mol. The van der Waals surface area contributed by atoms with Crippen molar-refractivity contribution in [2.75, 3.05) is 0 Å². The number of hydrogen-bond donors (Lipinski definition) is 0. The Kier molecular flexibility index (Phi) is 2.56. The highest BCUT2D eigenvalue weighted by Gasteiger charge is 2.09. The molecule has 0 aliphatic heterocycles. The second kappa shape index (κ2) is 4.10. The van der Waals surface area contributed by atoms with Gasteiger partial charge in [0.15, 0.2) is 0 Å². The second-order valence-electron chi connectivity index (χ2n) is 4.22. The third-order valence-corrected chi connectivity index (χ3v) is 3.12. The average Bonchev–Trinajstić information content (AvgIpc) is 2.71. The van der Waals surface area contributed by atoms with Gasteiger partial charge in [0, 0.05) is 18.0 Å². The highest BCUT2D eigenvalue weighted by Crippen LogP contribution is 2.28. The fourth-order valence-electron chi connectivity index (χ4n) is 1.93. The molecule has 2 nitrogen and oxygen atoms in total. The Morgan fingerprint density at radius 3 is 2.78 bits per heavy atom. The zero-order valence-corrected chi connectivity index (χ0v) is 10.4. The summed E-state index contributed by atoms with van der Waals surface area (Å²) in [5.41, 5.74) is 3.47. The van der Waals surface area contributed by atoms with Crippen molar-refractivity contribution in [3.8, 4) is 11.3 Å². The van der Waals surface area contributed by atoms with E-state index in [1.54, 1.807) is 6.07 Å². The normalized spacial score (nSPS) is 11.1. The smallest absolute Gasteiger partial charge is 0.137 e. The van der Waals surface area contributed by atoms with E-state index < -0.39 is 0 Å². The zero-order valence-electron chi connectivity index (χ0n) is 9.69. The first-order valence-corrected chi connectivity index (χ1v) is 5.92. The molecule has 2 aromatic heterocycles. The Bertz CT molecular complexity index is 734. The maximum Gasteiger partial charge on any atom is 0.137 e. The van der Waals surface area contributed by atoms with Crippen LogP contribution in [0.1, 0.15) is 5.56 Å². The Balaban J connectivity index is 2.19. The van der Waals surface area contributed by atoms with E-state index >= 15 is 0 Å². The van der Waals surface area contributed by atoms with E-state index in [2.05, 4.69) is 4.98 Å². The molecule has 0 saturated heterocycles. The third-order valence-electron chi connectivity index (χ3n) is 2.81. The second-order valence-corrected chi connectivity index (χ2v) is 4.63. The molecule has 3 aromatic rings. The van der Waals surface area contributed by atoms with Crippen molar-refractivity contribution in [2.45, 2.75) is 6.92 Å². The molecular formula is C14H10ClFN2. The largest absolute Gasteiger partial charge is 0.306 e. The van der Waals surface area contributed by atoms with Crippen molar-refractivity contribution in [3.05, 3.63) is 59.1 Å². The van der Waals surface area contributed by atoms with Crippen LogP contribution >= 0.6 is 11.6 Å². The lowest BCUT2D eigenvalue weighted by molar-refractivity contribution is 0.628. The summed E-state index contributed by atoms with van der Waals surface area (Å²) in [5, 5.41) is 0.370. The van der Waals surface area contributed by atoms with Crippen molar-refractivity contribution < 1.29 is 4.39 Å². The van der Waals surface area contributed by atoms with Gasteiger partial charge in [-0.2, -0.15) is 0 Å². The molecule has 0 bridgehead atoms. The van der Waals surface area contributed by atoms with Crippen molar-refractivity contribution in [1.82, 2.24) is 9.38 Å². The maximum absolute atomic E-state index is 13.0. The van der Waals surface area contributed by atoms with Gasteiger partial charge in [-0.3, -0.25) is 0 Å². The Hall–Kier alpha value is -1.87. The summed E-state index contributed by atoms with van der Waals surface area (Å²) < 4.78 is 14.9. The van der Waals surface area contributed by atoms with Crippen molar-refractivity contribution >= 4 is 17.2 Å². The van der Waals surface area contributed by atoms with Crippen LogP contribution in [0.15, 0.2) is 42.7 Å². The fraction of sp³-hybridized carbons (Fsp3) is 0.0714. The lowest BCUT2D eigenvalue weighted by Crippen LogP contribution is -1.82. The number of halogens is 2. The van der Waals surface area contributed by atoms with Gasteiger partial charge in [0.05, 0.1) is 10.7 Å². The van der Waals surface area contributed by atoms with Gasteiger partial charge in [-0.25, -0.2) is 9.37 Å². The molecule has 0 atom stereocenters. The van der Waals surface area contributed by atoms with Gasteiger partial charge in [-0.1, -0.05) is 17.7 Å². The number of benzene rings is 1. The van der Waals surface area contributed by atoms with Gasteiger partial charge in [0.1, 0.15) is 11.5 Å². The number of rotatable bonds is 1. The molecule has 0 saturated carbocycles. The highest BCUT2D eigenvalue weighted by atomic mass is 35.5. The van der Waals surface area contributed by atoms with Gasteiger partial charge in [0.25, 0.3) is 0 Å². The quantitative estimate of drug-likeness (QED) is 0.644. The average molecular weight is 261 g/mol. The number of aromatic nitrogens is 2. The molecule has 0 aliphatic rings. The van der Waals surface area contributed by atoms with E-state index in [4.69, 9.17) is 11.6 Å². The zero-order chi connectivity index (χ0) is 12.7. The van der Waals surface area contributed by atoms with Crippen LogP contribution < -0.4 is 0 Å². The summed E-state index contributed by atoms with van der Waals surface area (Å²) in [6.45, 7) is 2.02. The standard InChI is InChI=1S/C14H10ClFN2/c1-9-2-5-14-17-13(8-18(14)7-9)11-4-3-10(16)6-12(11)15/h2-8H,1H3. The molecule has 18 heavy (non-hydrogen) atoms. The van der Waals surface area contributed by atoms with Crippen LogP contribution in [-0.4, -0.2) is 9.38 Å². The Morgan fingerprint density at radius 2 is 2.00 bits per heavy atom. The van der Waals surface area contributed by atoms with Gasteiger partial charge in [-0.15, -0.1) is 0 Å². The number of pyridine rings is 1. The highest BCUT2D eigenvalue weighted by molar-refractivity contribution is 6.33. The van der Waals surface area contributed by atoms with E-state index in [-0.39, 0.29) is 5.82 Å². The molecule has 1 aromatic carbocycles. The fourth-order valence-corrected chi connectivity index (χ4v) is 2.19. The predicted molar refractivity (Wildman–Crippen MR) is 70.3 cm³/mol. The summed E-state index contributed by atoms with van der Waals surface area (Å²) >= 11 is 6.03. The van der Waals surface area contributed by atoms with Gasteiger partial charge < -0.3 is 4.40 Å². The molecule has 2 heterocycles. The van der Waals surface area contributed by atoms with Crippen LogP contribution in [0.5, 0.6) is 0 Å². The molecule has 0 N–H and O–H groups in total. The van der Waals surface area contributed by atoms with Crippen LogP contribution in [0.4, 0.5) is 4.39 Å². The lowest BCUT2D eigenvalue weighted by Gasteiger charge is -1.99. The van der Waals surface area contributed by atoms with Crippen LogP contribution in [0.25, 0.3) is 16.9 Å². The summed E-state index contributed by atoms with van der Waals surface area (Å²) in [6.07, 6.45) is 3.88. The summed E-state index contributed by atoms with van der Waals surface area (Å²) in [7, 11) is 0. The minimum atomic E-state index is -0.344. The number of imidazole rings is 1. The van der Waals surface area contributed by atoms with Gasteiger partial charge >= 0.3 is 0 Å². The van der Waals surface area contributed by atoms with Crippen molar-refractivity contribution in [1.29, 1.82) is 0 Å². The summed E-state index contributed by atoms with van der Waals surface area (Å²) in [4.78, 5) is 4.47. The molecule has 0 spiro atoms. The maximum atomic E-state index is 13.0. The van der Waals surface area contributed by atoms with Crippen LogP contribution in [0, 0.1) is 12.7 Å². The summed E-state index contributed by atoms with van der Waals surface area (Å²) in [5.74, 6) is -0.344. The minimum Gasteiger partial charge on any atom is -0.306 e. The van der Waals surface area contributed by atoms with Gasteiger partial charge in [0.2, 0.25) is 0 Å². The van der Waals surface area contributed by atoms with Crippen LogP contribution in [-0.2, 0) is 0 Å². The topological polar surface area (TPSA) is 17.3 Å². The lowest BCUT2D eigenvalue weighted by atomic mass is 10.2. The molecule has 0 fully saturated rings. The van der Waals surface area contributed by atoms with E-state index in [9.17, 15) is 4.39 Å². The number of nitrogens with zero attached hydrogens (tertiary/aromatic N) is 2. The first kappa shape index (κ1) is 11.2. The van der Waals surface area contributed by atoms with Crippen LogP contribution in [0.2, 0.25) is 5.02 Å². The van der Waals surface area contributed by atoms with Crippen molar-refractivity contribution in [2.24, 2.45) is 0 Å². The van der Waals surface area contributed by atoms with Crippen molar-refractivity contribution in [3.63, 3.8) is 0 Å². The molecule has 3 rings (SSSR count). The number of hydrogen-bond acceptors (Lipinski definition) is 1. The van der Waals surface area contributed by atoms with E-state index in [1.165, 1.54) is 12.1 Å². The number of fused-ring (bicyclic) bond motifs is 1. The third kappa shape index (κ3) is 1.87. The van der Waals surface area contributed by atoms with Crippen LogP contribution in [0.3, 0.4) is 0 Å². The van der Waals surface area contributed by atoms with E-state index in [0.717, 1.165) is 22.5 Å². The molecule has 4 heteroatoms. The molecular weight excluding hydrogens is 251 g/mol. The first-order chi connectivity index (χ1) is 8.63. The molecule has 0 aliphatic carbocycles. The van der Waals surface area contributed by atoms with Gasteiger partial charge in [-0.05, 0) is 36.8 Å².